The van der Waals surface area contributed by atoms with Gasteiger partial charge in [0.25, 0.3) is 0 Å². The van der Waals surface area contributed by atoms with Crippen LogP contribution < -0.4 is 4.72 Å². The molecule has 0 aromatic carbocycles. The summed E-state index contributed by atoms with van der Waals surface area (Å²) in [6, 6.07) is 1.21. The lowest BCUT2D eigenvalue weighted by Crippen LogP contribution is -2.40. The second-order valence-electron chi connectivity index (χ2n) is 5.24. The molecule has 21 heavy (non-hydrogen) atoms. The van der Waals surface area contributed by atoms with Crippen molar-refractivity contribution in [3.05, 3.63) is 16.5 Å². The molecular formula is C13H19NO5S2. The third-order valence-electron chi connectivity index (χ3n) is 3.67. The highest BCUT2D eigenvalue weighted by Crippen LogP contribution is 2.27. The Morgan fingerprint density at radius 1 is 1.48 bits per heavy atom. The molecule has 1 atom stereocenters. The number of thiophene rings is 1. The van der Waals surface area contributed by atoms with E-state index in [1.165, 1.54) is 6.07 Å². The first-order valence-electron chi connectivity index (χ1n) is 6.75. The average Bonchev–Trinajstić information content (AvgIpc) is 2.82. The van der Waals surface area contributed by atoms with Crippen LogP contribution in [-0.2, 0) is 14.8 Å². The smallest absolute Gasteiger partial charge is 0.346 e. The summed E-state index contributed by atoms with van der Waals surface area (Å²) >= 11 is 0.788. The zero-order valence-electron chi connectivity index (χ0n) is 12.0. The van der Waals surface area contributed by atoms with Gasteiger partial charge in [0.05, 0.1) is 0 Å². The summed E-state index contributed by atoms with van der Waals surface area (Å²) in [7, 11) is -3.68. The van der Waals surface area contributed by atoms with Gasteiger partial charge in [-0.2, -0.15) is 0 Å². The molecule has 8 heteroatoms. The van der Waals surface area contributed by atoms with Crippen LogP contribution in [-0.4, -0.2) is 38.7 Å². The molecule has 1 fully saturated rings. The zero-order valence-corrected chi connectivity index (χ0v) is 13.6. The fourth-order valence-corrected chi connectivity index (χ4v) is 5.12. The minimum absolute atomic E-state index is 0.0521. The summed E-state index contributed by atoms with van der Waals surface area (Å²) in [5.41, 5.74) is 0.464. The Hall–Kier alpha value is -0.960. The van der Waals surface area contributed by atoms with Crippen LogP contribution in [0.15, 0.2) is 10.3 Å². The summed E-state index contributed by atoms with van der Waals surface area (Å²) in [4.78, 5) is 11.1. The lowest BCUT2D eigenvalue weighted by molar-refractivity contribution is 0.0585. The van der Waals surface area contributed by atoms with Crippen molar-refractivity contribution in [2.75, 3.05) is 13.2 Å². The molecule has 1 saturated heterocycles. The lowest BCUT2D eigenvalue weighted by Gasteiger charge is -2.27. The van der Waals surface area contributed by atoms with E-state index in [0.29, 0.717) is 18.8 Å². The van der Waals surface area contributed by atoms with Crippen LogP contribution in [0.4, 0.5) is 0 Å². The maximum absolute atomic E-state index is 12.3. The second-order valence-corrected chi connectivity index (χ2v) is 8.24. The Bertz CT molecular complexity index is 617. The van der Waals surface area contributed by atoms with Crippen LogP contribution >= 0.6 is 11.3 Å². The van der Waals surface area contributed by atoms with Crippen molar-refractivity contribution in [3.63, 3.8) is 0 Å². The maximum Gasteiger partial charge on any atom is 0.346 e. The summed E-state index contributed by atoms with van der Waals surface area (Å²) in [6.07, 6.45) is 1.65. The SMILES string of the molecule is Cc1cc(S(=O)(=O)NC(C)C2CCOCC2)sc1C(=O)O. The van der Waals surface area contributed by atoms with Crippen molar-refractivity contribution in [1.29, 1.82) is 0 Å². The number of carbonyl (C=O) groups is 1. The molecule has 0 aliphatic carbocycles. The molecule has 0 saturated carbocycles. The molecule has 6 nitrogen and oxygen atoms in total. The van der Waals surface area contributed by atoms with E-state index in [-0.39, 0.29) is 21.0 Å². The predicted octanol–water partition coefficient (Wildman–Crippen LogP) is 1.85. The molecule has 0 amide bonds. The highest BCUT2D eigenvalue weighted by atomic mass is 32.2. The van der Waals surface area contributed by atoms with Crippen LogP contribution in [0.5, 0.6) is 0 Å². The molecule has 0 spiro atoms. The van der Waals surface area contributed by atoms with E-state index in [1.807, 2.05) is 6.92 Å². The van der Waals surface area contributed by atoms with E-state index < -0.39 is 16.0 Å². The van der Waals surface area contributed by atoms with Gasteiger partial charge in [-0.25, -0.2) is 17.9 Å². The van der Waals surface area contributed by atoms with Crippen LogP contribution in [0, 0.1) is 12.8 Å². The Balaban J connectivity index is 2.14. The Morgan fingerprint density at radius 2 is 2.10 bits per heavy atom. The summed E-state index contributed by atoms with van der Waals surface area (Å²) in [5, 5.41) is 9.01. The number of hydrogen-bond acceptors (Lipinski definition) is 5. The number of carboxylic acid groups (broad SMARTS) is 1. The number of aryl methyl sites for hydroxylation is 1. The predicted molar refractivity (Wildman–Crippen MR) is 79.3 cm³/mol. The number of aromatic carboxylic acids is 1. The zero-order chi connectivity index (χ0) is 15.6. The third-order valence-corrected chi connectivity index (χ3v) is 6.93. The molecule has 1 aliphatic heterocycles. The van der Waals surface area contributed by atoms with Gasteiger partial charge in [-0.05, 0) is 44.2 Å². The van der Waals surface area contributed by atoms with E-state index in [0.717, 1.165) is 24.2 Å². The quantitative estimate of drug-likeness (QED) is 0.858. The molecule has 0 bridgehead atoms. The van der Waals surface area contributed by atoms with Crippen LogP contribution in [0.2, 0.25) is 0 Å². The van der Waals surface area contributed by atoms with Gasteiger partial charge in [-0.1, -0.05) is 0 Å². The molecule has 0 radical (unpaired) electrons. The molecule has 1 aromatic heterocycles. The van der Waals surface area contributed by atoms with E-state index in [2.05, 4.69) is 4.72 Å². The molecular weight excluding hydrogens is 314 g/mol. The van der Waals surface area contributed by atoms with E-state index in [4.69, 9.17) is 9.84 Å². The van der Waals surface area contributed by atoms with Crippen LogP contribution in [0.3, 0.4) is 0 Å². The largest absolute Gasteiger partial charge is 0.477 e. The highest BCUT2D eigenvalue weighted by Gasteiger charge is 2.27. The molecule has 2 N–H and O–H groups in total. The van der Waals surface area contributed by atoms with Gasteiger partial charge in [-0.3, -0.25) is 0 Å². The minimum atomic E-state index is -3.68. The molecule has 2 rings (SSSR count). The van der Waals surface area contributed by atoms with Crippen molar-refractivity contribution in [1.82, 2.24) is 4.72 Å². The molecule has 1 unspecified atom stereocenters. The van der Waals surface area contributed by atoms with E-state index in [1.54, 1.807) is 6.92 Å². The molecule has 1 aliphatic rings. The molecule has 1 aromatic rings. The minimum Gasteiger partial charge on any atom is -0.477 e. The number of nitrogens with one attached hydrogen (secondary N) is 1. The number of hydrogen-bond donors (Lipinski definition) is 2. The number of carboxylic acids is 1. The number of ether oxygens (including phenoxy) is 1. The Morgan fingerprint density at radius 3 is 2.62 bits per heavy atom. The van der Waals surface area contributed by atoms with Gasteiger partial charge in [-0.15, -0.1) is 11.3 Å². The average molecular weight is 333 g/mol. The van der Waals surface area contributed by atoms with Gasteiger partial charge < -0.3 is 9.84 Å². The van der Waals surface area contributed by atoms with Crippen molar-refractivity contribution in [2.45, 2.75) is 36.9 Å². The number of rotatable bonds is 5. The van der Waals surface area contributed by atoms with Crippen molar-refractivity contribution < 1.29 is 23.1 Å². The summed E-state index contributed by atoms with van der Waals surface area (Å²) in [6.45, 7) is 4.74. The standard InChI is InChI=1S/C13H19NO5S2/c1-8-7-11(20-12(8)13(15)16)21(17,18)14-9(2)10-3-5-19-6-4-10/h7,9-10,14H,3-6H2,1-2H3,(H,15,16). The first-order chi connectivity index (χ1) is 9.81. The molecule has 2 heterocycles. The van der Waals surface area contributed by atoms with Gasteiger partial charge in [0, 0.05) is 19.3 Å². The Labute approximate surface area is 128 Å². The van der Waals surface area contributed by atoms with Crippen LogP contribution in [0.1, 0.15) is 35.0 Å². The van der Waals surface area contributed by atoms with Gasteiger partial charge >= 0.3 is 5.97 Å². The lowest BCUT2D eigenvalue weighted by atomic mass is 9.94. The second kappa shape index (κ2) is 6.43. The van der Waals surface area contributed by atoms with Gasteiger partial charge in [0.1, 0.15) is 9.09 Å². The normalized spacial score (nSPS) is 18.6. The van der Waals surface area contributed by atoms with Gasteiger partial charge in [0.2, 0.25) is 10.0 Å². The first kappa shape index (κ1) is 16.4. The monoisotopic (exact) mass is 333 g/mol. The number of sulfonamides is 1. The highest BCUT2D eigenvalue weighted by molar-refractivity contribution is 7.91. The summed E-state index contributed by atoms with van der Waals surface area (Å²) < 4.78 is 32.7. The fraction of sp³-hybridized carbons (Fsp3) is 0.615. The first-order valence-corrected chi connectivity index (χ1v) is 9.05. The Kier molecular flexibility index (Phi) is 5.03. The van der Waals surface area contributed by atoms with Crippen LogP contribution in [0.25, 0.3) is 0 Å². The topological polar surface area (TPSA) is 92.7 Å². The van der Waals surface area contributed by atoms with E-state index >= 15 is 0 Å². The van der Waals surface area contributed by atoms with E-state index in [9.17, 15) is 13.2 Å². The maximum atomic E-state index is 12.3. The van der Waals surface area contributed by atoms with Crippen molar-refractivity contribution in [2.24, 2.45) is 5.92 Å². The van der Waals surface area contributed by atoms with Gasteiger partial charge in [0.15, 0.2) is 0 Å². The van der Waals surface area contributed by atoms with Crippen molar-refractivity contribution >= 4 is 27.3 Å². The third kappa shape index (κ3) is 3.82. The summed E-state index contributed by atoms with van der Waals surface area (Å²) in [5.74, 6) is -0.857. The molecule has 118 valence electrons. The fourth-order valence-electron chi connectivity index (χ4n) is 2.41. The van der Waals surface area contributed by atoms with Crippen molar-refractivity contribution in [3.8, 4) is 0 Å².